The molecule has 0 bridgehead atoms. The average molecular weight is 226 g/mol. The van der Waals surface area contributed by atoms with Gasteiger partial charge in [-0.05, 0) is 23.8 Å². The highest BCUT2D eigenvalue weighted by atomic mass is 16.2. The maximum Gasteiger partial charge on any atom is 0.0659 e. The van der Waals surface area contributed by atoms with Crippen LogP contribution in [0.1, 0.15) is 17.5 Å². The van der Waals surface area contributed by atoms with E-state index in [1.807, 2.05) is 41.2 Å². The van der Waals surface area contributed by atoms with E-state index in [1.54, 1.807) is 6.20 Å². The highest BCUT2D eigenvalue weighted by Crippen LogP contribution is 2.05. The zero-order valence-electron chi connectivity index (χ0n) is 9.50. The minimum atomic E-state index is 0.115. The van der Waals surface area contributed by atoms with E-state index in [2.05, 4.69) is 16.9 Å². The fourth-order valence-corrected chi connectivity index (χ4v) is 1.49. The molecule has 0 amide bonds. The number of aromatic nitrogens is 2. The first-order valence-electron chi connectivity index (χ1n) is 5.54. The van der Waals surface area contributed by atoms with E-state index in [-0.39, 0.29) is 6.61 Å². The second-order valence-corrected chi connectivity index (χ2v) is 3.68. The minimum Gasteiger partial charge on any atom is -0.395 e. The third-order valence-corrected chi connectivity index (χ3v) is 2.33. The van der Waals surface area contributed by atoms with Crippen molar-refractivity contribution in [2.45, 2.75) is 13.0 Å². The summed E-state index contributed by atoms with van der Waals surface area (Å²) < 4.78 is 1.88. The van der Waals surface area contributed by atoms with Crippen molar-refractivity contribution >= 4 is 0 Å². The Balaban J connectivity index is 2.01. The highest BCUT2D eigenvalue weighted by Gasteiger charge is 1.94. The van der Waals surface area contributed by atoms with Crippen LogP contribution in [0.4, 0.5) is 0 Å². The van der Waals surface area contributed by atoms with Crippen LogP contribution in [-0.2, 0) is 6.54 Å². The topological polar surface area (TPSA) is 38.0 Å². The van der Waals surface area contributed by atoms with E-state index in [4.69, 9.17) is 5.11 Å². The predicted molar refractivity (Wildman–Crippen MR) is 66.4 cm³/mol. The van der Waals surface area contributed by atoms with Gasteiger partial charge in [-0.25, -0.2) is 0 Å². The van der Waals surface area contributed by atoms with Gasteiger partial charge in [-0.15, -0.1) is 0 Å². The molecule has 0 fully saturated rings. The molecule has 3 heteroatoms. The van der Waals surface area contributed by atoms with Crippen LogP contribution in [0.15, 0.2) is 42.7 Å². The second kappa shape index (κ2) is 5.88. The van der Waals surface area contributed by atoms with E-state index in [0.717, 1.165) is 12.1 Å². The van der Waals surface area contributed by atoms with Crippen LogP contribution in [0.3, 0.4) is 0 Å². The molecule has 0 radical (unpaired) electrons. The second-order valence-electron chi connectivity index (χ2n) is 3.68. The smallest absolute Gasteiger partial charge is 0.0659 e. The van der Waals surface area contributed by atoms with E-state index < -0.39 is 0 Å². The normalized spacial score (nSPS) is 9.71. The average Bonchev–Trinajstić information content (AvgIpc) is 2.85. The van der Waals surface area contributed by atoms with Gasteiger partial charge in [0.05, 0.1) is 13.2 Å². The molecule has 0 spiro atoms. The fourth-order valence-electron chi connectivity index (χ4n) is 1.49. The van der Waals surface area contributed by atoms with Crippen LogP contribution in [0, 0.1) is 11.8 Å². The predicted octanol–water partition coefficient (Wildman–Crippen LogP) is 1.67. The summed E-state index contributed by atoms with van der Waals surface area (Å²) in [5, 5.41) is 12.8. The maximum absolute atomic E-state index is 8.62. The number of hydrogen-bond acceptors (Lipinski definition) is 2. The Morgan fingerprint density at radius 2 is 2.06 bits per heavy atom. The van der Waals surface area contributed by atoms with Crippen molar-refractivity contribution in [2.24, 2.45) is 0 Å². The van der Waals surface area contributed by atoms with Crippen molar-refractivity contribution in [1.82, 2.24) is 9.78 Å². The van der Waals surface area contributed by atoms with E-state index in [0.29, 0.717) is 6.42 Å². The summed E-state index contributed by atoms with van der Waals surface area (Å²) in [7, 11) is 0. The largest absolute Gasteiger partial charge is 0.395 e. The SMILES string of the molecule is OCCC#Cc1ccc(Cn2cccn2)cc1. The number of benzene rings is 1. The first kappa shape index (κ1) is 11.4. The van der Waals surface area contributed by atoms with Gasteiger partial charge in [0.25, 0.3) is 0 Å². The molecular weight excluding hydrogens is 212 g/mol. The van der Waals surface area contributed by atoms with Crippen LogP contribution < -0.4 is 0 Å². The maximum atomic E-state index is 8.62. The zero-order chi connectivity index (χ0) is 11.9. The molecule has 0 saturated heterocycles. The molecule has 0 aliphatic rings. The lowest BCUT2D eigenvalue weighted by atomic mass is 10.1. The molecule has 0 unspecified atom stereocenters. The van der Waals surface area contributed by atoms with Crippen LogP contribution in [0.25, 0.3) is 0 Å². The summed E-state index contributed by atoms with van der Waals surface area (Å²) in [6.07, 6.45) is 4.23. The molecule has 86 valence electrons. The van der Waals surface area contributed by atoms with Gasteiger partial charge in [0.2, 0.25) is 0 Å². The molecule has 17 heavy (non-hydrogen) atoms. The molecule has 1 N–H and O–H groups in total. The standard InChI is InChI=1S/C14H14N2O/c17-11-2-1-4-13-5-7-14(8-6-13)12-16-10-3-9-15-16/h3,5-10,17H,2,11-12H2. The van der Waals surface area contributed by atoms with Crippen molar-refractivity contribution in [3.05, 3.63) is 53.9 Å². The van der Waals surface area contributed by atoms with Gasteiger partial charge >= 0.3 is 0 Å². The fraction of sp³-hybridized carbons (Fsp3) is 0.214. The van der Waals surface area contributed by atoms with Gasteiger partial charge in [-0.2, -0.15) is 5.10 Å². The Kier molecular flexibility index (Phi) is 3.95. The van der Waals surface area contributed by atoms with Crippen molar-refractivity contribution in [3.63, 3.8) is 0 Å². The number of rotatable bonds is 3. The first-order chi connectivity index (χ1) is 8.38. The van der Waals surface area contributed by atoms with Crippen LogP contribution in [0.5, 0.6) is 0 Å². The summed E-state index contributed by atoms with van der Waals surface area (Å²) in [4.78, 5) is 0. The summed E-state index contributed by atoms with van der Waals surface area (Å²) in [5.41, 5.74) is 2.17. The summed E-state index contributed by atoms with van der Waals surface area (Å²) in [6, 6.07) is 9.98. The van der Waals surface area contributed by atoms with Gasteiger partial charge in [-0.3, -0.25) is 4.68 Å². The lowest BCUT2D eigenvalue weighted by molar-refractivity contribution is 0.305. The van der Waals surface area contributed by atoms with Crippen molar-refractivity contribution in [3.8, 4) is 11.8 Å². The Hall–Kier alpha value is -2.05. The molecule has 0 aliphatic carbocycles. The van der Waals surface area contributed by atoms with Crippen molar-refractivity contribution in [2.75, 3.05) is 6.61 Å². The zero-order valence-corrected chi connectivity index (χ0v) is 9.50. The number of aliphatic hydroxyl groups is 1. The van der Waals surface area contributed by atoms with Crippen LogP contribution in [0.2, 0.25) is 0 Å². The van der Waals surface area contributed by atoms with Gasteiger partial charge in [-0.1, -0.05) is 24.0 Å². The van der Waals surface area contributed by atoms with Crippen molar-refractivity contribution < 1.29 is 5.11 Å². The highest BCUT2D eigenvalue weighted by molar-refractivity contribution is 5.36. The summed E-state index contributed by atoms with van der Waals surface area (Å²) in [5.74, 6) is 5.90. The third-order valence-electron chi connectivity index (χ3n) is 2.33. The van der Waals surface area contributed by atoms with Crippen LogP contribution >= 0.6 is 0 Å². The molecular formula is C14H14N2O. The minimum absolute atomic E-state index is 0.115. The van der Waals surface area contributed by atoms with E-state index in [1.165, 1.54) is 5.56 Å². The van der Waals surface area contributed by atoms with Gasteiger partial charge < -0.3 is 5.11 Å². The molecule has 0 saturated carbocycles. The first-order valence-corrected chi connectivity index (χ1v) is 5.54. The van der Waals surface area contributed by atoms with Crippen LogP contribution in [-0.4, -0.2) is 21.5 Å². The molecule has 3 nitrogen and oxygen atoms in total. The van der Waals surface area contributed by atoms with E-state index >= 15 is 0 Å². The molecule has 1 aromatic heterocycles. The Morgan fingerprint density at radius 3 is 2.71 bits per heavy atom. The molecule has 0 aliphatic heterocycles. The summed E-state index contributed by atoms with van der Waals surface area (Å²) in [6.45, 7) is 0.891. The number of hydrogen-bond donors (Lipinski definition) is 1. The molecule has 1 aromatic carbocycles. The lowest BCUT2D eigenvalue weighted by Gasteiger charge is -2.01. The van der Waals surface area contributed by atoms with Gasteiger partial charge in [0, 0.05) is 24.4 Å². The molecule has 1 heterocycles. The monoisotopic (exact) mass is 226 g/mol. The molecule has 2 rings (SSSR count). The quantitative estimate of drug-likeness (QED) is 0.808. The van der Waals surface area contributed by atoms with Gasteiger partial charge in [0.1, 0.15) is 0 Å². The number of aliphatic hydroxyl groups excluding tert-OH is 1. The Morgan fingerprint density at radius 1 is 1.24 bits per heavy atom. The molecule has 2 aromatic rings. The Labute approximate surface area is 101 Å². The summed E-state index contributed by atoms with van der Waals surface area (Å²) >= 11 is 0. The van der Waals surface area contributed by atoms with E-state index in [9.17, 15) is 0 Å². The third kappa shape index (κ3) is 3.47. The number of nitrogens with zero attached hydrogens (tertiary/aromatic N) is 2. The van der Waals surface area contributed by atoms with Gasteiger partial charge in [0.15, 0.2) is 0 Å². The lowest BCUT2D eigenvalue weighted by Crippen LogP contribution is -1.99. The van der Waals surface area contributed by atoms with Crippen molar-refractivity contribution in [1.29, 1.82) is 0 Å². The Bertz CT molecular complexity index is 503. The molecule has 0 atom stereocenters.